The van der Waals surface area contributed by atoms with Crippen LogP contribution in [0.1, 0.15) is 20.8 Å². The van der Waals surface area contributed by atoms with E-state index in [2.05, 4.69) is 59.5 Å². The molecule has 3 heterocycles. The number of aromatic nitrogens is 4. The number of nitrogens with one attached hydrogen (secondary N) is 2. The minimum absolute atomic E-state index is 0.0138. The standard InChI is InChI=1S/C26H29N7O/c1-26(2,3)25(34)31-20-5-4-6-21(14-20)32-9-11-33(12-10-32)24-22-13-18(19-15-29-30-16-19)7-8-23(22)27-17-28-24/h4-8,13-17H,9-12H2,1-3H3,(H,29,30)(H,31,34). The molecule has 8 nitrogen and oxygen atoms in total. The normalized spacial score (nSPS) is 14.4. The molecule has 174 valence electrons. The van der Waals surface area contributed by atoms with E-state index in [9.17, 15) is 4.79 Å². The van der Waals surface area contributed by atoms with Crippen molar-refractivity contribution in [3.05, 3.63) is 61.2 Å². The molecule has 0 bridgehead atoms. The second-order valence-electron chi connectivity index (χ2n) is 9.64. The third-order valence-electron chi connectivity index (χ3n) is 6.18. The number of carbonyl (C=O) groups excluding carboxylic acids is 1. The average molecular weight is 456 g/mol. The smallest absolute Gasteiger partial charge is 0.229 e. The Hall–Kier alpha value is -3.94. The molecule has 1 saturated heterocycles. The Morgan fingerprint density at radius 2 is 1.76 bits per heavy atom. The molecule has 1 aliphatic heterocycles. The summed E-state index contributed by atoms with van der Waals surface area (Å²) in [6.45, 7) is 9.18. The van der Waals surface area contributed by atoms with Gasteiger partial charge in [0.15, 0.2) is 0 Å². The largest absolute Gasteiger partial charge is 0.368 e. The monoisotopic (exact) mass is 455 g/mol. The highest BCUT2D eigenvalue weighted by Crippen LogP contribution is 2.30. The number of benzene rings is 2. The lowest BCUT2D eigenvalue weighted by molar-refractivity contribution is -0.123. The summed E-state index contributed by atoms with van der Waals surface area (Å²) in [6, 6.07) is 14.3. The van der Waals surface area contributed by atoms with Gasteiger partial charge in [-0.25, -0.2) is 9.97 Å². The van der Waals surface area contributed by atoms with Crippen molar-refractivity contribution in [3.8, 4) is 11.1 Å². The van der Waals surface area contributed by atoms with E-state index in [0.29, 0.717) is 0 Å². The zero-order valence-corrected chi connectivity index (χ0v) is 19.7. The Labute approximate surface area is 199 Å². The van der Waals surface area contributed by atoms with Gasteiger partial charge in [0.2, 0.25) is 5.91 Å². The molecule has 1 fully saturated rings. The number of anilines is 3. The number of amides is 1. The summed E-state index contributed by atoms with van der Waals surface area (Å²) in [5.74, 6) is 0.973. The van der Waals surface area contributed by atoms with E-state index in [0.717, 1.165) is 65.4 Å². The summed E-state index contributed by atoms with van der Waals surface area (Å²) < 4.78 is 0. The second kappa shape index (κ2) is 8.78. The predicted molar refractivity (Wildman–Crippen MR) is 136 cm³/mol. The molecular formula is C26H29N7O. The van der Waals surface area contributed by atoms with Crippen LogP contribution >= 0.6 is 0 Å². The van der Waals surface area contributed by atoms with Crippen LogP contribution in [-0.2, 0) is 4.79 Å². The third kappa shape index (κ3) is 4.44. The number of hydrogen-bond acceptors (Lipinski definition) is 6. The number of hydrogen-bond donors (Lipinski definition) is 2. The number of H-pyrrole nitrogens is 1. The molecule has 1 amide bonds. The molecule has 2 N–H and O–H groups in total. The average Bonchev–Trinajstić information content (AvgIpc) is 3.38. The first-order chi connectivity index (χ1) is 16.4. The van der Waals surface area contributed by atoms with E-state index in [-0.39, 0.29) is 5.91 Å². The number of piperazine rings is 1. The summed E-state index contributed by atoms with van der Waals surface area (Å²) in [6.07, 6.45) is 5.35. The van der Waals surface area contributed by atoms with E-state index >= 15 is 0 Å². The SMILES string of the molecule is CC(C)(C)C(=O)Nc1cccc(N2CCN(c3ncnc4ccc(-c5cn[nH]c5)cc34)CC2)c1. The van der Waals surface area contributed by atoms with Crippen LogP contribution in [0.2, 0.25) is 0 Å². The predicted octanol–water partition coefficient (Wildman–Crippen LogP) is 4.33. The van der Waals surface area contributed by atoms with E-state index in [1.54, 1.807) is 6.33 Å². The lowest BCUT2D eigenvalue weighted by Crippen LogP contribution is -2.47. The summed E-state index contributed by atoms with van der Waals surface area (Å²) in [4.78, 5) is 26.2. The van der Waals surface area contributed by atoms with Crippen LogP contribution in [0, 0.1) is 5.41 Å². The van der Waals surface area contributed by atoms with Gasteiger partial charge in [-0.15, -0.1) is 0 Å². The van der Waals surface area contributed by atoms with E-state index in [4.69, 9.17) is 0 Å². The van der Waals surface area contributed by atoms with Crippen LogP contribution in [0.4, 0.5) is 17.2 Å². The van der Waals surface area contributed by atoms with Gasteiger partial charge in [0.25, 0.3) is 0 Å². The van der Waals surface area contributed by atoms with Crippen molar-refractivity contribution in [1.82, 2.24) is 20.2 Å². The van der Waals surface area contributed by atoms with Gasteiger partial charge in [-0.1, -0.05) is 32.9 Å². The molecule has 2 aromatic heterocycles. The zero-order valence-electron chi connectivity index (χ0n) is 19.7. The fourth-order valence-corrected chi connectivity index (χ4v) is 4.16. The summed E-state index contributed by atoms with van der Waals surface area (Å²) in [5, 5.41) is 11.0. The van der Waals surface area contributed by atoms with Gasteiger partial charge in [0.1, 0.15) is 12.1 Å². The molecule has 0 unspecified atom stereocenters. The maximum atomic E-state index is 12.4. The lowest BCUT2D eigenvalue weighted by atomic mass is 9.95. The quantitative estimate of drug-likeness (QED) is 0.476. The Bertz CT molecular complexity index is 1300. The van der Waals surface area contributed by atoms with Crippen molar-refractivity contribution in [2.75, 3.05) is 41.3 Å². The number of carbonyl (C=O) groups is 1. The molecule has 0 saturated carbocycles. The minimum Gasteiger partial charge on any atom is -0.368 e. The molecule has 0 atom stereocenters. The molecule has 0 radical (unpaired) electrons. The molecule has 2 aromatic carbocycles. The summed E-state index contributed by atoms with van der Waals surface area (Å²) in [7, 11) is 0. The first kappa shape index (κ1) is 21.9. The number of rotatable bonds is 4. The van der Waals surface area contributed by atoms with Gasteiger partial charge in [-0.2, -0.15) is 5.10 Å². The molecule has 1 aliphatic rings. The van der Waals surface area contributed by atoms with Crippen LogP contribution in [-0.4, -0.2) is 52.3 Å². The molecular weight excluding hydrogens is 426 g/mol. The lowest BCUT2D eigenvalue weighted by Gasteiger charge is -2.37. The summed E-state index contributed by atoms with van der Waals surface area (Å²) in [5.41, 5.74) is 4.57. The minimum atomic E-state index is -0.431. The van der Waals surface area contributed by atoms with E-state index in [1.807, 2.05) is 51.4 Å². The van der Waals surface area contributed by atoms with E-state index < -0.39 is 5.41 Å². The highest BCUT2D eigenvalue weighted by Gasteiger charge is 2.23. The Morgan fingerprint density at radius 3 is 2.50 bits per heavy atom. The first-order valence-corrected chi connectivity index (χ1v) is 11.5. The Balaban J connectivity index is 1.33. The van der Waals surface area contributed by atoms with Gasteiger partial charge in [-0.3, -0.25) is 9.89 Å². The highest BCUT2D eigenvalue weighted by atomic mass is 16.2. The van der Waals surface area contributed by atoms with Crippen molar-refractivity contribution >= 4 is 34.0 Å². The van der Waals surface area contributed by atoms with Crippen molar-refractivity contribution in [1.29, 1.82) is 0 Å². The van der Waals surface area contributed by atoms with Gasteiger partial charge in [0, 0.05) is 60.1 Å². The first-order valence-electron chi connectivity index (χ1n) is 11.5. The van der Waals surface area contributed by atoms with Gasteiger partial charge < -0.3 is 15.1 Å². The number of aromatic amines is 1. The van der Waals surface area contributed by atoms with E-state index in [1.165, 1.54) is 0 Å². The van der Waals surface area contributed by atoms with Gasteiger partial charge in [-0.05, 0) is 35.9 Å². The van der Waals surface area contributed by atoms with Crippen LogP contribution in [0.3, 0.4) is 0 Å². The van der Waals surface area contributed by atoms with Crippen LogP contribution in [0.25, 0.3) is 22.0 Å². The van der Waals surface area contributed by atoms with Crippen molar-refractivity contribution < 1.29 is 4.79 Å². The topological polar surface area (TPSA) is 90.0 Å². The zero-order chi connectivity index (χ0) is 23.7. The molecule has 0 spiro atoms. The van der Waals surface area contributed by atoms with Crippen molar-refractivity contribution in [3.63, 3.8) is 0 Å². The van der Waals surface area contributed by atoms with Gasteiger partial charge >= 0.3 is 0 Å². The third-order valence-corrected chi connectivity index (χ3v) is 6.18. The van der Waals surface area contributed by atoms with Gasteiger partial charge in [0.05, 0.1) is 11.7 Å². The highest BCUT2D eigenvalue weighted by molar-refractivity contribution is 5.95. The molecule has 5 rings (SSSR count). The molecule has 34 heavy (non-hydrogen) atoms. The Morgan fingerprint density at radius 1 is 0.971 bits per heavy atom. The molecule has 0 aliphatic carbocycles. The van der Waals surface area contributed by atoms with Crippen LogP contribution < -0.4 is 15.1 Å². The maximum Gasteiger partial charge on any atom is 0.229 e. The van der Waals surface area contributed by atoms with Crippen molar-refractivity contribution in [2.24, 2.45) is 5.41 Å². The Kier molecular flexibility index (Phi) is 5.65. The molecule has 8 heteroatoms. The fourth-order valence-electron chi connectivity index (χ4n) is 4.16. The second-order valence-corrected chi connectivity index (χ2v) is 9.64. The fraction of sp³-hybridized carbons (Fsp3) is 0.308. The van der Waals surface area contributed by atoms with Crippen LogP contribution in [0.15, 0.2) is 61.2 Å². The maximum absolute atomic E-state index is 12.4. The van der Waals surface area contributed by atoms with Crippen LogP contribution in [0.5, 0.6) is 0 Å². The molecule has 4 aromatic rings. The van der Waals surface area contributed by atoms with Crippen molar-refractivity contribution in [2.45, 2.75) is 20.8 Å². The summed E-state index contributed by atoms with van der Waals surface area (Å²) >= 11 is 0. The number of nitrogens with zero attached hydrogens (tertiary/aromatic N) is 5. The number of fused-ring (bicyclic) bond motifs is 1.